The van der Waals surface area contributed by atoms with E-state index in [1.807, 2.05) is 18.3 Å². The zero-order valence-electron chi connectivity index (χ0n) is 19.4. The predicted molar refractivity (Wildman–Crippen MR) is 129 cm³/mol. The van der Waals surface area contributed by atoms with Gasteiger partial charge < -0.3 is 9.80 Å². The van der Waals surface area contributed by atoms with Gasteiger partial charge in [-0.2, -0.15) is 4.31 Å². The fourth-order valence-corrected chi connectivity index (χ4v) is 5.89. The van der Waals surface area contributed by atoms with E-state index in [-0.39, 0.29) is 0 Å². The van der Waals surface area contributed by atoms with Gasteiger partial charge in [-0.3, -0.25) is 4.90 Å². The van der Waals surface area contributed by atoms with E-state index in [2.05, 4.69) is 52.6 Å². The molecule has 8 heteroatoms. The molecule has 0 amide bonds. The summed E-state index contributed by atoms with van der Waals surface area (Å²) in [6, 6.07) is 11.9. The first-order valence-corrected chi connectivity index (χ1v) is 13.1. The van der Waals surface area contributed by atoms with Crippen LogP contribution in [0.4, 0.5) is 5.82 Å². The van der Waals surface area contributed by atoms with Gasteiger partial charge in [0.15, 0.2) is 0 Å². The Balaban J connectivity index is 1.41. The van der Waals surface area contributed by atoms with Crippen LogP contribution in [0, 0.1) is 0 Å². The van der Waals surface area contributed by atoms with Crippen LogP contribution >= 0.6 is 0 Å². The molecule has 2 saturated heterocycles. The van der Waals surface area contributed by atoms with Crippen molar-refractivity contribution in [2.75, 3.05) is 63.8 Å². The maximum absolute atomic E-state index is 13.0. The number of benzene rings is 1. The second-order valence-corrected chi connectivity index (χ2v) is 10.8. The molecule has 0 spiro atoms. The molecular weight excluding hydrogens is 422 g/mol. The first kappa shape index (κ1) is 23.2. The van der Waals surface area contributed by atoms with E-state index in [0.29, 0.717) is 24.0 Å². The summed E-state index contributed by atoms with van der Waals surface area (Å²) in [7, 11) is -3.44. The highest BCUT2D eigenvalue weighted by molar-refractivity contribution is 7.89. The van der Waals surface area contributed by atoms with Gasteiger partial charge in [0.2, 0.25) is 10.0 Å². The molecule has 7 nitrogen and oxygen atoms in total. The Morgan fingerprint density at radius 3 is 2.00 bits per heavy atom. The van der Waals surface area contributed by atoms with Crippen molar-refractivity contribution in [3.05, 3.63) is 42.6 Å². The molecule has 174 valence electrons. The minimum Gasteiger partial charge on any atom is -0.354 e. The van der Waals surface area contributed by atoms with Crippen molar-refractivity contribution in [3.63, 3.8) is 0 Å². The number of rotatable bonds is 6. The van der Waals surface area contributed by atoms with Crippen molar-refractivity contribution < 1.29 is 8.42 Å². The molecule has 0 unspecified atom stereocenters. The quantitative estimate of drug-likeness (QED) is 0.665. The second-order valence-electron chi connectivity index (χ2n) is 8.88. The summed E-state index contributed by atoms with van der Waals surface area (Å²) < 4.78 is 27.6. The molecule has 2 aliphatic rings. The topological polar surface area (TPSA) is 60.0 Å². The van der Waals surface area contributed by atoms with Gasteiger partial charge in [0.1, 0.15) is 5.82 Å². The molecule has 2 fully saturated rings. The van der Waals surface area contributed by atoms with E-state index in [9.17, 15) is 8.42 Å². The summed E-state index contributed by atoms with van der Waals surface area (Å²) in [5, 5.41) is 0. The molecule has 4 rings (SSSR count). The number of likely N-dealkylation sites (N-methyl/N-ethyl adjacent to an activating group) is 1. The van der Waals surface area contributed by atoms with E-state index in [0.717, 1.165) is 62.8 Å². The van der Waals surface area contributed by atoms with Gasteiger partial charge >= 0.3 is 0 Å². The van der Waals surface area contributed by atoms with E-state index in [4.69, 9.17) is 0 Å². The van der Waals surface area contributed by atoms with Crippen molar-refractivity contribution in [2.45, 2.75) is 31.7 Å². The van der Waals surface area contributed by atoms with E-state index in [1.54, 1.807) is 16.4 Å². The third kappa shape index (κ3) is 4.98. The largest absolute Gasteiger partial charge is 0.354 e. The first-order valence-electron chi connectivity index (χ1n) is 11.7. The van der Waals surface area contributed by atoms with Gasteiger partial charge in [-0.15, -0.1) is 0 Å². The minimum absolute atomic E-state index is 0.360. The zero-order valence-corrected chi connectivity index (χ0v) is 20.3. The van der Waals surface area contributed by atoms with Crippen LogP contribution in [0.2, 0.25) is 0 Å². The number of hydrogen-bond donors (Lipinski definition) is 0. The second kappa shape index (κ2) is 9.87. The summed E-state index contributed by atoms with van der Waals surface area (Å²) in [5.74, 6) is 1.00. The number of pyridine rings is 1. The smallest absolute Gasteiger partial charge is 0.243 e. The lowest BCUT2D eigenvalue weighted by Crippen LogP contribution is -2.49. The fourth-order valence-electron chi connectivity index (χ4n) is 4.47. The summed E-state index contributed by atoms with van der Waals surface area (Å²) in [5.41, 5.74) is 1.97. The standard InChI is InChI=1S/C24H35N5O2S/c1-4-26-11-17-29(18-12-26)32(30,31)23-8-5-21(6-9-23)22-7-10-24(25-19-22)28-15-13-27(14-16-28)20(2)3/h5-10,19-20H,4,11-18H2,1-3H3. The van der Waals surface area contributed by atoms with Crippen molar-refractivity contribution in [1.29, 1.82) is 0 Å². The highest BCUT2D eigenvalue weighted by atomic mass is 32.2. The number of aromatic nitrogens is 1. The van der Waals surface area contributed by atoms with Crippen molar-refractivity contribution in [1.82, 2.24) is 19.1 Å². The minimum atomic E-state index is -3.44. The molecule has 0 N–H and O–H groups in total. The molecule has 0 atom stereocenters. The Morgan fingerprint density at radius 2 is 1.47 bits per heavy atom. The Bertz CT molecular complexity index is 976. The number of anilines is 1. The highest BCUT2D eigenvalue weighted by Gasteiger charge is 2.28. The van der Waals surface area contributed by atoms with Crippen LogP contribution < -0.4 is 4.90 Å². The van der Waals surface area contributed by atoms with Gasteiger partial charge in [-0.1, -0.05) is 19.1 Å². The zero-order chi connectivity index (χ0) is 22.7. The molecule has 1 aromatic carbocycles. The summed E-state index contributed by atoms with van der Waals surface area (Å²) in [6.45, 7) is 14.3. The van der Waals surface area contributed by atoms with Crippen molar-refractivity contribution in [2.24, 2.45) is 0 Å². The maximum Gasteiger partial charge on any atom is 0.243 e. The van der Waals surface area contributed by atoms with Crippen LogP contribution in [0.3, 0.4) is 0 Å². The third-order valence-electron chi connectivity index (χ3n) is 6.72. The normalized spacial score (nSPS) is 19.6. The van der Waals surface area contributed by atoms with Gasteiger partial charge in [-0.25, -0.2) is 13.4 Å². The molecular formula is C24H35N5O2S. The molecule has 2 aliphatic heterocycles. The number of piperazine rings is 2. The number of sulfonamides is 1. The van der Waals surface area contributed by atoms with Crippen LogP contribution in [-0.4, -0.2) is 92.5 Å². The molecule has 32 heavy (non-hydrogen) atoms. The van der Waals surface area contributed by atoms with Crippen LogP contribution in [-0.2, 0) is 10.0 Å². The molecule has 1 aromatic heterocycles. The molecule has 2 aromatic rings. The summed E-state index contributed by atoms with van der Waals surface area (Å²) >= 11 is 0. The maximum atomic E-state index is 13.0. The van der Waals surface area contributed by atoms with Gasteiger partial charge in [0.25, 0.3) is 0 Å². The Labute approximate surface area is 192 Å². The first-order chi connectivity index (χ1) is 15.4. The summed E-state index contributed by atoms with van der Waals surface area (Å²) in [6.07, 6.45) is 1.89. The highest BCUT2D eigenvalue weighted by Crippen LogP contribution is 2.25. The SMILES string of the molecule is CCN1CCN(S(=O)(=O)c2ccc(-c3ccc(N4CCN(C(C)C)CC4)nc3)cc2)CC1. The molecule has 0 bridgehead atoms. The van der Waals surface area contributed by atoms with Crippen LogP contribution in [0.5, 0.6) is 0 Å². The lowest BCUT2D eigenvalue weighted by atomic mass is 10.1. The third-order valence-corrected chi connectivity index (χ3v) is 8.63. The molecule has 0 aliphatic carbocycles. The Hall–Kier alpha value is -2.00. The van der Waals surface area contributed by atoms with Gasteiger partial charge in [-0.05, 0) is 50.2 Å². The van der Waals surface area contributed by atoms with Gasteiger partial charge in [0, 0.05) is 70.2 Å². The van der Waals surface area contributed by atoms with E-state index < -0.39 is 10.0 Å². The predicted octanol–water partition coefficient (Wildman–Crippen LogP) is 2.61. The fraction of sp³-hybridized carbons (Fsp3) is 0.542. The van der Waals surface area contributed by atoms with Gasteiger partial charge in [0.05, 0.1) is 4.90 Å². The van der Waals surface area contributed by atoms with Crippen LogP contribution in [0.1, 0.15) is 20.8 Å². The molecule has 0 saturated carbocycles. The monoisotopic (exact) mass is 457 g/mol. The average Bonchev–Trinajstić information content (AvgIpc) is 2.84. The average molecular weight is 458 g/mol. The Morgan fingerprint density at radius 1 is 0.844 bits per heavy atom. The summed E-state index contributed by atoms with van der Waals surface area (Å²) in [4.78, 5) is 12.1. The van der Waals surface area contributed by atoms with Crippen LogP contribution in [0.25, 0.3) is 11.1 Å². The molecule has 0 radical (unpaired) electrons. The van der Waals surface area contributed by atoms with Crippen molar-refractivity contribution >= 4 is 15.8 Å². The van der Waals surface area contributed by atoms with Crippen molar-refractivity contribution in [3.8, 4) is 11.1 Å². The number of nitrogens with zero attached hydrogens (tertiary/aromatic N) is 5. The van der Waals surface area contributed by atoms with Crippen LogP contribution in [0.15, 0.2) is 47.5 Å². The van der Waals surface area contributed by atoms with E-state index in [1.165, 1.54) is 0 Å². The molecule has 3 heterocycles. The lowest BCUT2D eigenvalue weighted by Gasteiger charge is -2.37. The van der Waals surface area contributed by atoms with E-state index >= 15 is 0 Å². The lowest BCUT2D eigenvalue weighted by molar-refractivity contribution is 0.196. The Kier molecular flexibility index (Phi) is 7.14. The number of hydrogen-bond acceptors (Lipinski definition) is 6.